The Morgan fingerprint density at radius 3 is 2.67 bits per heavy atom. The summed E-state index contributed by atoms with van der Waals surface area (Å²) in [6.07, 6.45) is 0. The van der Waals surface area contributed by atoms with Crippen LogP contribution < -0.4 is 10.6 Å². The quantitative estimate of drug-likeness (QED) is 0.898. The van der Waals surface area contributed by atoms with Crippen LogP contribution in [0.3, 0.4) is 0 Å². The molecular formula is C14H15N3S. The molecule has 2 N–H and O–H groups in total. The maximum atomic E-state index is 6.03. The highest BCUT2D eigenvalue weighted by Crippen LogP contribution is 2.34. The third-order valence-electron chi connectivity index (χ3n) is 3.11. The van der Waals surface area contributed by atoms with Crippen molar-refractivity contribution >= 4 is 23.0 Å². The largest absolute Gasteiger partial charge is 0.369 e. The molecule has 1 aromatic carbocycles. The predicted molar refractivity (Wildman–Crippen MR) is 77.2 cm³/mol. The molecule has 0 saturated heterocycles. The fourth-order valence-electron chi connectivity index (χ4n) is 2.25. The fraction of sp³-hybridized carbons (Fsp3) is 0.214. The van der Waals surface area contributed by atoms with Gasteiger partial charge in [0, 0.05) is 15.4 Å². The average Bonchev–Trinajstić information content (AvgIpc) is 2.96. The number of guanidine groups is 1. The molecule has 92 valence electrons. The van der Waals surface area contributed by atoms with E-state index in [2.05, 4.69) is 41.1 Å². The number of rotatable bonds is 2. The molecule has 0 amide bonds. The van der Waals surface area contributed by atoms with Crippen LogP contribution in [0.1, 0.15) is 15.8 Å². The van der Waals surface area contributed by atoms with Gasteiger partial charge in [0.05, 0.1) is 12.6 Å². The first kappa shape index (κ1) is 11.3. The molecule has 0 fully saturated rings. The van der Waals surface area contributed by atoms with Gasteiger partial charge in [0.15, 0.2) is 5.96 Å². The van der Waals surface area contributed by atoms with E-state index in [4.69, 9.17) is 5.73 Å². The topological polar surface area (TPSA) is 41.6 Å². The van der Waals surface area contributed by atoms with Crippen molar-refractivity contribution in [2.24, 2.45) is 10.7 Å². The van der Waals surface area contributed by atoms with Crippen LogP contribution in [-0.4, -0.2) is 12.5 Å². The van der Waals surface area contributed by atoms with Crippen LogP contribution in [0.5, 0.6) is 0 Å². The summed E-state index contributed by atoms with van der Waals surface area (Å²) in [5.74, 6) is 0.609. The number of hydrogen-bond donors (Lipinski definition) is 1. The number of nitrogens with two attached hydrogens (primary N) is 1. The van der Waals surface area contributed by atoms with Gasteiger partial charge in [-0.15, -0.1) is 11.3 Å². The van der Waals surface area contributed by atoms with Gasteiger partial charge in [-0.05, 0) is 31.2 Å². The van der Waals surface area contributed by atoms with E-state index >= 15 is 0 Å². The molecule has 1 aliphatic heterocycles. The normalized spacial score (nSPS) is 19.1. The highest BCUT2D eigenvalue weighted by molar-refractivity contribution is 7.12. The summed E-state index contributed by atoms with van der Waals surface area (Å²) in [5, 5.41) is 0. The first-order valence-corrected chi connectivity index (χ1v) is 6.78. The second kappa shape index (κ2) is 4.46. The number of anilines is 1. The maximum absolute atomic E-state index is 6.03. The van der Waals surface area contributed by atoms with Crippen molar-refractivity contribution in [1.29, 1.82) is 0 Å². The van der Waals surface area contributed by atoms with E-state index in [0.29, 0.717) is 5.96 Å². The van der Waals surface area contributed by atoms with E-state index in [-0.39, 0.29) is 6.04 Å². The molecule has 1 aromatic heterocycles. The number of nitrogens with zero attached hydrogens (tertiary/aromatic N) is 2. The standard InChI is InChI=1S/C14H15N3S/c1-10-7-8-13(18-10)12-9-16-14(15)17(12)11-5-3-2-4-6-11/h2-8,12H,9H2,1H3,(H2,15,16). The molecule has 0 aliphatic carbocycles. The predicted octanol–water partition coefficient (Wildman–Crippen LogP) is 2.93. The summed E-state index contributed by atoms with van der Waals surface area (Å²) >= 11 is 1.81. The highest BCUT2D eigenvalue weighted by Gasteiger charge is 2.29. The zero-order chi connectivity index (χ0) is 12.5. The van der Waals surface area contributed by atoms with E-state index in [1.54, 1.807) is 0 Å². The van der Waals surface area contributed by atoms with Crippen molar-refractivity contribution in [1.82, 2.24) is 0 Å². The number of aryl methyl sites for hydroxylation is 1. The lowest BCUT2D eigenvalue weighted by atomic mass is 10.2. The molecule has 2 heterocycles. The molecule has 1 atom stereocenters. The Kier molecular flexibility index (Phi) is 2.80. The van der Waals surface area contributed by atoms with Gasteiger partial charge < -0.3 is 10.6 Å². The molecule has 0 bridgehead atoms. The Morgan fingerprint density at radius 2 is 2.00 bits per heavy atom. The van der Waals surface area contributed by atoms with Crippen LogP contribution in [0.15, 0.2) is 47.5 Å². The molecule has 1 unspecified atom stereocenters. The van der Waals surface area contributed by atoms with Crippen LogP contribution in [0.2, 0.25) is 0 Å². The van der Waals surface area contributed by atoms with E-state index in [1.807, 2.05) is 29.5 Å². The highest BCUT2D eigenvalue weighted by atomic mass is 32.1. The fourth-order valence-corrected chi connectivity index (χ4v) is 3.21. The SMILES string of the molecule is Cc1ccc(C2CN=C(N)N2c2ccccc2)s1. The lowest BCUT2D eigenvalue weighted by molar-refractivity contribution is 0.785. The number of thiophene rings is 1. The maximum Gasteiger partial charge on any atom is 0.196 e. The monoisotopic (exact) mass is 257 g/mol. The van der Waals surface area contributed by atoms with Crippen LogP contribution in [-0.2, 0) is 0 Å². The van der Waals surface area contributed by atoms with E-state index in [9.17, 15) is 0 Å². The van der Waals surface area contributed by atoms with E-state index < -0.39 is 0 Å². The third-order valence-corrected chi connectivity index (χ3v) is 4.21. The van der Waals surface area contributed by atoms with Gasteiger partial charge in [-0.1, -0.05) is 18.2 Å². The Bertz CT molecular complexity index is 574. The van der Waals surface area contributed by atoms with Crippen molar-refractivity contribution < 1.29 is 0 Å². The number of hydrogen-bond acceptors (Lipinski definition) is 4. The second-order valence-electron chi connectivity index (χ2n) is 4.37. The molecule has 18 heavy (non-hydrogen) atoms. The van der Waals surface area contributed by atoms with Crippen molar-refractivity contribution in [3.05, 3.63) is 52.2 Å². The van der Waals surface area contributed by atoms with Crippen molar-refractivity contribution in [2.75, 3.05) is 11.4 Å². The average molecular weight is 257 g/mol. The van der Waals surface area contributed by atoms with Crippen molar-refractivity contribution in [2.45, 2.75) is 13.0 Å². The summed E-state index contributed by atoms with van der Waals surface area (Å²) in [5.41, 5.74) is 7.13. The van der Waals surface area contributed by atoms with Crippen molar-refractivity contribution in [3.63, 3.8) is 0 Å². The molecule has 0 spiro atoms. The molecule has 4 heteroatoms. The van der Waals surface area contributed by atoms with Crippen LogP contribution in [0.4, 0.5) is 5.69 Å². The first-order valence-electron chi connectivity index (χ1n) is 5.96. The van der Waals surface area contributed by atoms with Crippen LogP contribution >= 0.6 is 11.3 Å². The third kappa shape index (κ3) is 1.88. The number of benzene rings is 1. The van der Waals surface area contributed by atoms with Gasteiger partial charge in [0.25, 0.3) is 0 Å². The molecule has 0 radical (unpaired) electrons. The van der Waals surface area contributed by atoms with Gasteiger partial charge in [0.2, 0.25) is 0 Å². The van der Waals surface area contributed by atoms with Gasteiger partial charge in [-0.3, -0.25) is 4.99 Å². The molecule has 2 aromatic rings. The number of aliphatic imine (C=N–C) groups is 1. The van der Waals surface area contributed by atoms with Crippen molar-refractivity contribution in [3.8, 4) is 0 Å². The molecule has 3 rings (SSSR count). The van der Waals surface area contributed by atoms with Crippen LogP contribution in [0, 0.1) is 6.92 Å². The molecule has 0 saturated carbocycles. The summed E-state index contributed by atoms with van der Waals surface area (Å²) in [6, 6.07) is 14.8. The summed E-state index contributed by atoms with van der Waals surface area (Å²) in [7, 11) is 0. The minimum atomic E-state index is 0.242. The first-order chi connectivity index (χ1) is 8.75. The zero-order valence-corrected chi connectivity index (χ0v) is 11.0. The molecular weight excluding hydrogens is 242 g/mol. The van der Waals surface area contributed by atoms with E-state index in [1.165, 1.54) is 9.75 Å². The summed E-state index contributed by atoms with van der Waals surface area (Å²) in [4.78, 5) is 9.15. The summed E-state index contributed by atoms with van der Waals surface area (Å²) < 4.78 is 0. The molecule has 3 nitrogen and oxygen atoms in total. The van der Waals surface area contributed by atoms with Gasteiger partial charge >= 0.3 is 0 Å². The lowest BCUT2D eigenvalue weighted by Crippen LogP contribution is -2.35. The Labute approximate surface area is 111 Å². The van der Waals surface area contributed by atoms with Gasteiger partial charge in [-0.25, -0.2) is 0 Å². The number of para-hydroxylation sites is 1. The minimum Gasteiger partial charge on any atom is -0.369 e. The zero-order valence-electron chi connectivity index (χ0n) is 10.2. The molecule has 1 aliphatic rings. The van der Waals surface area contributed by atoms with E-state index in [0.717, 1.165) is 12.2 Å². The van der Waals surface area contributed by atoms with Crippen LogP contribution in [0.25, 0.3) is 0 Å². The van der Waals surface area contributed by atoms with Gasteiger partial charge in [-0.2, -0.15) is 0 Å². The smallest absolute Gasteiger partial charge is 0.196 e. The lowest BCUT2D eigenvalue weighted by Gasteiger charge is -2.25. The Morgan fingerprint density at radius 1 is 1.22 bits per heavy atom. The second-order valence-corrected chi connectivity index (χ2v) is 5.69. The Balaban J connectivity index is 1.97. The van der Waals surface area contributed by atoms with Gasteiger partial charge in [0.1, 0.15) is 0 Å². The Hall–Kier alpha value is -1.81. The summed E-state index contributed by atoms with van der Waals surface area (Å²) in [6.45, 7) is 2.86. The minimum absolute atomic E-state index is 0.242.